The van der Waals surface area contributed by atoms with Crippen molar-refractivity contribution in [2.45, 2.75) is 13.8 Å². The summed E-state index contributed by atoms with van der Waals surface area (Å²) in [7, 11) is 0. The molecule has 0 fully saturated rings. The average molecular weight is 391 g/mol. The maximum absolute atomic E-state index is 12.4. The van der Waals surface area contributed by atoms with Gasteiger partial charge in [0, 0.05) is 10.2 Å². The monoisotopic (exact) mass is 389 g/mol. The molecular formula is C17H13BrClN3O. The number of rotatable bonds is 2. The van der Waals surface area contributed by atoms with Gasteiger partial charge in [-0.05, 0) is 61.4 Å². The number of nitrogens with zero attached hydrogens (tertiary/aromatic N) is 2. The van der Waals surface area contributed by atoms with Gasteiger partial charge >= 0.3 is 0 Å². The molecule has 0 aliphatic carbocycles. The van der Waals surface area contributed by atoms with Crippen LogP contribution >= 0.6 is 27.5 Å². The molecule has 0 saturated heterocycles. The third-order valence-electron chi connectivity index (χ3n) is 3.55. The van der Waals surface area contributed by atoms with Gasteiger partial charge in [-0.1, -0.05) is 27.5 Å². The summed E-state index contributed by atoms with van der Waals surface area (Å²) in [6.45, 7) is 3.99. The molecular weight excluding hydrogens is 378 g/mol. The number of benzene rings is 2. The lowest BCUT2D eigenvalue weighted by Crippen LogP contribution is -2.15. The lowest BCUT2D eigenvalue weighted by Gasteiger charge is -2.08. The van der Waals surface area contributed by atoms with Crippen LogP contribution in [0, 0.1) is 13.8 Å². The second-order valence-electron chi connectivity index (χ2n) is 5.25. The van der Waals surface area contributed by atoms with Gasteiger partial charge in [-0.25, -0.2) is 9.97 Å². The molecule has 0 aliphatic rings. The molecule has 0 spiro atoms. The first-order chi connectivity index (χ1) is 10.9. The number of hydrogen-bond donors (Lipinski definition) is 1. The SMILES string of the molecule is Cc1cc2nc(Cl)c(C(=O)Nc3ccc(Br)cc3)nc2cc1C. The summed E-state index contributed by atoms with van der Waals surface area (Å²) in [5, 5.41) is 2.86. The fourth-order valence-corrected chi connectivity index (χ4v) is 2.64. The Morgan fingerprint density at radius 3 is 2.22 bits per heavy atom. The van der Waals surface area contributed by atoms with Crippen molar-refractivity contribution < 1.29 is 4.79 Å². The van der Waals surface area contributed by atoms with Crippen molar-refractivity contribution in [3.8, 4) is 0 Å². The van der Waals surface area contributed by atoms with E-state index >= 15 is 0 Å². The molecule has 0 aliphatic heterocycles. The van der Waals surface area contributed by atoms with Crippen LogP contribution in [0.25, 0.3) is 11.0 Å². The predicted molar refractivity (Wildman–Crippen MR) is 96.1 cm³/mol. The van der Waals surface area contributed by atoms with Gasteiger partial charge in [0.25, 0.3) is 5.91 Å². The van der Waals surface area contributed by atoms with Gasteiger partial charge in [0.15, 0.2) is 10.8 Å². The fourth-order valence-electron chi connectivity index (χ4n) is 2.16. The van der Waals surface area contributed by atoms with Crippen LogP contribution in [-0.4, -0.2) is 15.9 Å². The highest BCUT2D eigenvalue weighted by molar-refractivity contribution is 9.10. The van der Waals surface area contributed by atoms with E-state index < -0.39 is 0 Å². The second-order valence-corrected chi connectivity index (χ2v) is 6.52. The molecule has 3 rings (SSSR count). The number of fused-ring (bicyclic) bond motifs is 1. The number of carbonyl (C=O) groups excluding carboxylic acids is 1. The molecule has 0 unspecified atom stereocenters. The maximum atomic E-state index is 12.4. The zero-order valence-electron chi connectivity index (χ0n) is 12.5. The highest BCUT2D eigenvalue weighted by Crippen LogP contribution is 2.22. The molecule has 6 heteroatoms. The zero-order valence-corrected chi connectivity index (χ0v) is 14.9. The average Bonchev–Trinajstić information content (AvgIpc) is 2.50. The van der Waals surface area contributed by atoms with Crippen molar-refractivity contribution in [2.24, 2.45) is 0 Å². The Bertz CT molecular complexity index is 910. The Kier molecular flexibility index (Phi) is 4.33. The minimum Gasteiger partial charge on any atom is -0.321 e. The molecule has 2 aromatic carbocycles. The van der Waals surface area contributed by atoms with Crippen LogP contribution in [0.3, 0.4) is 0 Å². The molecule has 0 saturated carbocycles. The van der Waals surface area contributed by atoms with Gasteiger partial charge in [-0.15, -0.1) is 0 Å². The van der Waals surface area contributed by atoms with Gasteiger partial charge in [0.05, 0.1) is 11.0 Å². The van der Waals surface area contributed by atoms with Gasteiger partial charge < -0.3 is 5.32 Å². The fraction of sp³-hybridized carbons (Fsp3) is 0.118. The van der Waals surface area contributed by atoms with E-state index in [2.05, 4.69) is 31.2 Å². The third kappa shape index (κ3) is 3.35. The Morgan fingerprint density at radius 1 is 1.04 bits per heavy atom. The number of halogens is 2. The normalized spacial score (nSPS) is 10.8. The maximum Gasteiger partial charge on any atom is 0.277 e. The minimum absolute atomic E-state index is 0.0929. The van der Waals surface area contributed by atoms with E-state index in [0.29, 0.717) is 16.7 Å². The summed E-state index contributed by atoms with van der Waals surface area (Å²) < 4.78 is 0.935. The smallest absolute Gasteiger partial charge is 0.277 e. The van der Waals surface area contributed by atoms with Crippen molar-refractivity contribution in [3.63, 3.8) is 0 Å². The van der Waals surface area contributed by atoms with E-state index in [-0.39, 0.29) is 16.8 Å². The van der Waals surface area contributed by atoms with E-state index in [4.69, 9.17) is 11.6 Å². The first-order valence-electron chi connectivity index (χ1n) is 6.95. The Balaban J connectivity index is 1.98. The molecule has 1 aromatic heterocycles. The summed E-state index contributed by atoms with van der Waals surface area (Å²) in [5.74, 6) is -0.384. The van der Waals surface area contributed by atoms with Gasteiger partial charge in [-0.3, -0.25) is 4.79 Å². The Labute approximate surface area is 147 Å². The predicted octanol–water partition coefficient (Wildman–Crippen LogP) is 4.91. The number of aromatic nitrogens is 2. The van der Waals surface area contributed by atoms with Crippen molar-refractivity contribution >= 4 is 50.2 Å². The zero-order chi connectivity index (χ0) is 16.6. The first kappa shape index (κ1) is 15.9. The summed E-state index contributed by atoms with van der Waals surface area (Å²) in [4.78, 5) is 21.1. The molecule has 1 N–H and O–H groups in total. The highest BCUT2D eigenvalue weighted by Gasteiger charge is 2.16. The molecule has 0 radical (unpaired) electrons. The molecule has 1 amide bonds. The molecule has 0 atom stereocenters. The van der Waals surface area contributed by atoms with E-state index in [1.54, 1.807) is 12.1 Å². The van der Waals surface area contributed by atoms with Crippen LogP contribution in [0.5, 0.6) is 0 Å². The van der Waals surface area contributed by atoms with Crippen molar-refractivity contribution in [2.75, 3.05) is 5.32 Å². The summed E-state index contributed by atoms with van der Waals surface area (Å²) in [6.07, 6.45) is 0. The topological polar surface area (TPSA) is 54.9 Å². The Hall–Kier alpha value is -1.98. The molecule has 0 bridgehead atoms. The van der Waals surface area contributed by atoms with Crippen LogP contribution in [0.15, 0.2) is 40.9 Å². The number of carbonyl (C=O) groups is 1. The van der Waals surface area contributed by atoms with Crippen LogP contribution in [-0.2, 0) is 0 Å². The van der Waals surface area contributed by atoms with Gasteiger partial charge in [-0.2, -0.15) is 0 Å². The standard InChI is InChI=1S/C17H13BrClN3O/c1-9-7-13-14(8-10(9)2)22-16(19)15(21-13)17(23)20-12-5-3-11(18)4-6-12/h3-8H,1-2H3,(H,20,23). The number of nitrogens with one attached hydrogen (secondary N) is 1. The number of aryl methyl sites for hydroxylation is 2. The summed E-state index contributed by atoms with van der Waals surface area (Å²) >= 11 is 9.49. The highest BCUT2D eigenvalue weighted by atomic mass is 79.9. The van der Waals surface area contributed by atoms with E-state index in [1.165, 1.54) is 0 Å². The Morgan fingerprint density at radius 2 is 1.61 bits per heavy atom. The number of anilines is 1. The van der Waals surface area contributed by atoms with Crippen LogP contribution in [0.2, 0.25) is 5.15 Å². The molecule has 23 heavy (non-hydrogen) atoms. The van der Waals surface area contributed by atoms with E-state index in [0.717, 1.165) is 15.6 Å². The summed E-state index contributed by atoms with van der Waals surface area (Å²) in [5.41, 5.74) is 4.31. The molecule has 1 heterocycles. The van der Waals surface area contributed by atoms with Gasteiger partial charge in [0.1, 0.15) is 0 Å². The van der Waals surface area contributed by atoms with E-state index in [1.807, 2.05) is 38.1 Å². The minimum atomic E-state index is -0.384. The van der Waals surface area contributed by atoms with Crippen molar-refractivity contribution in [1.29, 1.82) is 0 Å². The lowest BCUT2D eigenvalue weighted by molar-refractivity contribution is 0.102. The van der Waals surface area contributed by atoms with E-state index in [9.17, 15) is 4.79 Å². The number of hydrogen-bond acceptors (Lipinski definition) is 3. The number of amides is 1. The largest absolute Gasteiger partial charge is 0.321 e. The van der Waals surface area contributed by atoms with Crippen molar-refractivity contribution in [1.82, 2.24) is 9.97 Å². The second kappa shape index (κ2) is 6.26. The molecule has 4 nitrogen and oxygen atoms in total. The van der Waals surface area contributed by atoms with Gasteiger partial charge in [0.2, 0.25) is 0 Å². The molecule has 116 valence electrons. The summed E-state index contributed by atoms with van der Waals surface area (Å²) in [6, 6.07) is 11.1. The van der Waals surface area contributed by atoms with Crippen LogP contribution in [0.1, 0.15) is 21.6 Å². The lowest BCUT2D eigenvalue weighted by atomic mass is 10.1. The van der Waals surface area contributed by atoms with Crippen LogP contribution in [0.4, 0.5) is 5.69 Å². The first-order valence-corrected chi connectivity index (χ1v) is 8.12. The van der Waals surface area contributed by atoms with Crippen LogP contribution < -0.4 is 5.32 Å². The quantitative estimate of drug-likeness (QED) is 0.676. The van der Waals surface area contributed by atoms with Crippen molar-refractivity contribution in [3.05, 3.63) is 62.8 Å². The third-order valence-corrected chi connectivity index (χ3v) is 4.35. The molecule has 3 aromatic rings.